The van der Waals surface area contributed by atoms with Gasteiger partial charge in [-0.15, -0.1) is 11.8 Å². The highest BCUT2D eigenvalue weighted by Crippen LogP contribution is 2.25. The predicted molar refractivity (Wildman–Crippen MR) is 83.0 cm³/mol. The zero-order valence-electron chi connectivity index (χ0n) is 10.8. The zero-order chi connectivity index (χ0) is 12.7. The first-order valence-corrected chi connectivity index (χ1v) is 7.16. The Morgan fingerprint density at radius 1 is 1.41 bits per heavy atom. The Morgan fingerprint density at radius 3 is 2.82 bits per heavy atom. The lowest BCUT2D eigenvalue weighted by molar-refractivity contribution is 0.540. The highest BCUT2D eigenvalue weighted by Gasteiger charge is 2.13. The number of halogens is 1. The minimum absolute atomic E-state index is 0.356. The van der Waals surface area contributed by atoms with E-state index in [-0.39, 0.29) is 0 Å². The molecule has 0 amide bonds. The Balaban J connectivity index is 2.93. The van der Waals surface area contributed by atoms with Gasteiger partial charge in [0.25, 0.3) is 0 Å². The third kappa shape index (κ3) is 4.33. The third-order valence-electron chi connectivity index (χ3n) is 2.72. The molecule has 0 aliphatic heterocycles. The molecule has 1 rings (SSSR count). The maximum atomic E-state index is 3.58. The fourth-order valence-corrected chi connectivity index (χ4v) is 2.49. The van der Waals surface area contributed by atoms with Crippen LogP contribution in [0.5, 0.6) is 0 Å². The summed E-state index contributed by atoms with van der Waals surface area (Å²) < 4.78 is 1.36. The summed E-state index contributed by atoms with van der Waals surface area (Å²) in [6.45, 7) is 7.29. The minimum Gasteiger partial charge on any atom is -0.309 e. The van der Waals surface area contributed by atoms with Crippen molar-refractivity contribution in [3.8, 4) is 11.8 Å². The predicted octanol–water partition coefficient (Wildman–Crippen LogP) is 4.05. The molecule has 0 aliphatic rings. The van der Waals surface area contributed by atoms with Crippen molar-refractivity contribution < 1.29 is 0 Å². The SMILES string of the molecule is CC#CCC(NCCC)c1cccc(C)c1I. The number of nitrogens with one attached hydrogen (secondary N) is 1. The van der Waals surface area contributed by atoms with Gasteiger partial charge in [-0.3, -0.25) is 0 Å². The number of rotatable bonds is 5. The molecule has 1 N–H and O–H groups in total. The van der Waals surface area contributed by atoms with Crippen LogP contribution in [0.1, 0.15) is 43.9 Å². The molecular formula is C15H20IN. The van der Waals surface area contributed by atoms with E-state index in [0.717, 1.165) is 19.4 Å². The average Bonchev–Trinajstić information content (AvgIpc) is 2.34. The van der Waals surface area contributed by atoms with E-state index < -0.39 is 0 Å². The van der Waals surface area contributed by atoms with Crippen LogP contribution in [0.25, 0.3) is 0 Å². The molecule has 0 radical (unpaired) electrons. The average molecular weight is 341 g/mol. The van der Waals surface area contributed by atoms with Crippen LogP contribution in [0, 0.1) is 22.3 Å². The molecule has 0 spiro atoms. The highest BCUT2D eigenvalue weighted by atomic mass is 127. The molecular weight excluding hydrogens is 321 g/mol. The van der Waals surface area contributed by atoms with Gasteiger partial charge in [0, 0.05) is 16.0 Å². The molecule has 0 aliphatic carbocycles. The normalized spacial score (nSPS) is 11.8. The van der Waals surface area contributed by atoms with Gasteiger partial charge in [0.05, 0.1) is 0 Å². The van der Waals surface area contributed by atoms with E-state index in [0.29, 0.717) is 6.04 Å². The van der Waals surface area contributed by atoms with Crippen molar-refractivity contribution in [1.82, 2.24) is 5.32 Å². The molecule has 0 aromatic heterocycles. The van der Waals surface area contributed by atoms with Crippen LogP contribution >= 0.6 is 22.6 Å². The smallest absolute Gasteiger partial charge is 0.0441 e. The van der Waals surface area contributed by atoms with E-state index in [2.05, 4.69) is 71.8 Å². The van der Waals surface area contributed by atoms with Crippen LogP contribution in [0.2, 0.25) is 0 Å². The van der Waals surface area contributed by atoms with E-state index in [1.165, 1.54) is 14.7 Å². The summed E-state index contributed by atoms with van der Waals surface area (Å²) in [6, 6.07) is 6.86. The van der Waals surface area contributed by atoms with E-state index in [1.54, 1.807) is 0 Å². The van der Waals surface area contributed by atoms with Crippen LogP contribution in [-0.4, -0.2) is 6.54 Å². The third-order valence-corrected chi connectivity index (χ3v) is 4.19. The molecule has 1 aromatic carbocycles. The molecule has 1 unspecified atom stereocenters. The van der Waals surface area contributed by atoms with Crippen molar-refractivity contribution in [2.75, 3.05) is 6.54 Å². The van der Waals surface area contributed by atoms with Gasteiger partial charge < -0.3 is 5.32 Å². The summed E-state index contributed by atoms with van der Waals surface area (Å²) in [6.07, 6.45) is 2.04. The molecule has 0 saturated heterocycles. The van der Waals surface area contributed by atoms with Gasteiger partial charge in [0.1, 0.15) is 0 Å². The van der Waals surface area contributed by atoms with Crippen molar-refractivity contribution in [1.29, 1.82) is 0 Å². The first-order chi connectivity index (χ1) is 8.20. The van der Waals surface area contributed by atoms with E-state index in [9.17, 15) is 0 Å². The fraction of sp³-hybridized carbons (Fsp3) is 0.467. The minimum atomic E-state index is 0.356. The lowest BCUT2D eigenvalue weighted by Crippen LogP contribution is -2.22. The summed E-state index contributed by atoms with van der Waals surface area (Å²) >= 11 is 2.44. The van der Waals surface area contributed by atoms with Crippen molar-refractivity contribution in [3.05, 3.63) is 32.9 Å². The standard InChI is InChI=1S/C15H20IN/c1-4-6-10-14(17-11-5-2)13-9-7-8-12(3)15(13)16/h7-9,14,17H,5,10-11H2,1-3H3. The van der Waals surface area contributed by atoms with Crippen molar-refractivity contribution in [2.24, 2.45) is 0 Å². The zero-order valence-corrected chi connectivity index (χ0v) is 13.0. The second-order valence-corrected chi connectivity index (χ2v) is 5.19. The van der Waals surface area contributed by atoms with E-state index in [1.807, 2.05) is 6.92 Å². The highest BCUT2D eigenvalue weighted by molar-refractivity contribution is 14.1. The number of hydrogen-bond donors (Lipinski definition) is 1. The monoisotopic (exact) mass is 341 g/mol. The second-order valence-electron chi connectivity index (χ2n) is 4.12. The van der Waals surface area contributed by atoms with Gasteiger partial charge in [-0.05, 0) is 60.5 Å². The Labute approximate surface area is 119 Å². The van der Waals surface area contributed by atoms with Crippen molar-refractivity contribution in [2.45, 2.75) is 39.7 Å². The maximum Gasteiger partial charge on any atom is 0.0441 e. The lowest BCUT2D eigenvalue weighted by Gasteiger charge is -2.19. The molecule has 92 valence electrons. The van der Waals surface area contributed by atoms with Crippen LogP contribution in [0.3, 0.4) is 0 Å². The second kappa shape index (κ2) is 7.73. The summed E-state index contributed by atoms with van der Waals surface area (Å²) in [7, 11) is 0. The summed E-state index contributed by atoms with van der Waals surface area (Å²) in [4.78, 5) is 0. The Kier molecular flexibility index (Phi) is 6.61. The maximum absolute atomic E-state index is 3.58. The Bertz CT molecular complexity index is 415. The van der Waals surface area contributed by atoms with Crippen LogP contribution in [0.15, 0.2) is 18.2 Å². The Hall–Kier alpha value is -0.530. The van der Waals surface area contributed by atoms with Gasteiger partial charge in [-0.1, -0.05) is 25.1 Å². The molecule has 1 aromatic rings. The summed E-state index contributed by atoms with van der Waals surface area (Å²) in [5, 5.41) is 3.58. The lowest BCUT2D eigenvalue weighted by atomic mass is 10.0. The van der Waals surface area contributed by atoms with Gasteiger partial charge in [0.2, 0.25) is 0 Å². The molecule has 0 fully saturated rings. The van der Waals surface area contributed by atoms with Gasteiger partial charge in [-0.25, -0.2) is 0 Å². The molecule has 0 bridgehead atoms. The quantitative estimate of drug-likeness (QED) is 0.629. The molecule has 1 nitrogen and oxygen atoms in total. The molecule has 0 heterocycles. The van der Waals surface area contributed by atoms with Crippen LogP contribution < -0.4 is 5.32 Å². The molecule has 17 heavy (non-hydrogen) atoms. The topological polar surface area (TPSA) is 12.0 Å². The van der Waals surface area contributed by atoms with Crippen LogP contribution in [0.4, 0.5) is 0 Å². The van der Waals surface area contributed by atoms with Gasteiger partial charge in [0.15, 0.2) is 0 Å². The number of aryl methyl sites for hydroxylation is 1. The Morgan fingerprint density at radius 2 is 2.18 bits per heavy atom. The molecule has 1 atom stereocenters. The molecule has 0 saturated carbocycles. The first-order valence-electron chi connectivity index (χ1n) is 6.08. The van der Waals surface area contributed by atoms with Gasteiger partial charge in [-0.2, -0.15) is 0 Å². The van der Waals surface area contributed by atoms with Gasteiger partial charge >= 0.3 is 0 Å². The number of hydrogen-bond acceptors (Lipinski definition) is 1. The van der Waals surface area contributed by atoms with E-state index >= 15 is 0 Å². The summed E-state index contributed by atoms with van der Waals surface area (Å²) in [5.74, 6) is 6.17. The first kappa shape index (κ1) is 14.5. The van der Waals surface area contributed by atoms with Crippen LogP contribution in [-0.2, 0) is 0 Å². The summed E-state index contributed by atoms with van der Waals surface area (Å²) in [5.41, 5.74) is 2.72. The molecule has 2 heteroatoms. The van der Waals surface area contributed by atoms with Crippen molar-refractivity contribution in [3.63, 3.8) is 0 Å². The largest absolute Gasteiger partial charge is 0.309 e. The number of benzene rings is 1. The fourth-order valence-electron chi connectivity index (χ4n) is 1.75. The van der Waals surface area contributed by atoms with E-state index in [4.69, 9.17) is 0 Å². The van der Waals surface area contributed by atoms with Crippen molar-refractivity contribution >= 4 is 22.6 Å².